The van der Waals surface area contributed by atoms with E-state index in [1.165, 1.54) is 24.4 Å². The van der Waals surface area contributed by atoms with Gasteiger partial charge in [0.1, 0.15) is 11.4 Å². The SMILES string of the molecule is CC(C)(C)OC(=O)Nc1cc2cc(S(=O)(=O)Cl)cc(Cl)c2cn1. The number of nitrogens with zero attached hydrogens (tertiary/aromatic N) is 1. The number of amides is 1. The third kappa shape index (κ3) is 4.70. The number of hydrogen-bond donors (Lipinski definition) is 1. The summed E-state index contributed by atoms with van der Waals surface area (Å²) in [4.78, 5) is 15.7. The number of nitrogens with one attached hydrogen (secondary N) is 1. The average molecular weight is 377 g/mol. The molecule has 1 heterocycles. The Hall–Kier alpha value is -1.57. The first-order valence-corrected chi connectivity index (χ1v) is 9.18. The van der Waals surface area contributed by atoms with Crippen LogP contribution in [-0.2, 0) is 13.8 Å². The van der Waals surface area contributed by atoms with E-state index in [1.54, 1.807) is 20.8 Å². The van der Waals surface area contributed by atoms with Crippen molar-refractivity contribution in [3.8, 4) is 0 Å². The molecule has 0 saturated heterocycles. The normalized spacial score (nSPS) is 12.2. The first kappa shape index (κ1) is 17.8. The molecular weight excluding hydrogens is 363 g/mol. The molecule has 9 heteroatoms. The third-order valence-corrected chi connectivity index (χ3v) is 4.32. The van der Waals surface area contributed by atoms with Gasteiger partial charge in [-0.2, -0.15) is 0 Å². The molecule has 1 aromatic heterocycles. The molecule has 0 unspecified atom stereocenters. The van der Waals surface area contributed by atoms with Crippen molar-refractivity contribution in [2.45, 2.75) is 31.3 Å². The van der Waals surface area contributed by atoms with Crippen LogP contribution < -0.4 is 5.32 Å². The fourth-order valence-electron chi connectivity index (χ4n) is 1.80. The van der Waals surface area contributed by atoms with E-state index >= 15 is 0 Å². The standard InChI is InChI=1S/C14H14Cl2N2O4S/c1-14(2,3)22-13(19)18-12-5-8-4-9(23(16,20)21)6-11(15)10(8)7-17-12/h4-7H,1-3H3,(H,17,18,19). The molecule has 0 fully saturated rings. The highest BCUT2D eigenvalue weighted by Gasteiger charge is 2.17. The molecule has 0 aliphatic heterocycles. The predicted molar refractivity (Wildman–Crippen MR) is 89.6 cm³/mol. The molecule has 1 amide bonds. The first-order valence-electron chi connectivity index (χ1n) is 6.50. The van der Waals surface area contributed by atoms with Gasteiger partial charge >= 0.3 is 6.09 Å². The highest BCUT2D eigenvalue weighted by Crippen LogP contribution is 2.29. The number of aromatic nitrogens is 1. The van der Waals surface area contributed by atoms with Crippen molar-refractivity contribution in [1.82, 2.24) is 4.98 Å². The summed E-state index contributed by atoms with van der Waals surface area (Å²) in [5.74, 6) is 0.201. The van der Waals surface area contributed by atoms with Crippen LogP contribution in [0.2, 0.25) is 5.02 Å². The Morgan fingerprint density at radius 2 is 1.91 bits per heavy atom. The van der Waals surface area contributed by atoms with Crippen molar-refractivity contribution in [3.05, 3.63) is 29.4 Å². The van der Waals surface area contributed by atoms with Crippen molar-refractivity contribution in [1.29, 1.82) is 0 Å². The first-order chi connectivity index (χ1) is 10.5. The Morgan fingerprint density at radius 1 is 1.26 bits per heavy atom. The van der Waals surface area contributed by atoms with Crippen LogP contribution in [0.25, 0.3) is 10.8 Å². The maximum atomic E-state index is 11.7. The van der Waals surface area contributed by atoms with Crippen LogP contribution in [0.1, 0.15) is 20.8 Å². The molecule has 0 aliphatic rings. The van der Waals surface area contributed by atoms with Gasteiger partial charge in [-0.1, -0.05) is 11.6 Å². The lowest BCUT2D eigenvalue weighted by atomic mass is 10.2. The molecule has 1 N–H and O–H groups in total. The van der Waals surface area contributed by atoms with Gasteiger partial charge in [0.15, 0.2) is 0 Å². The van der Waals surface area contributed by atoms with E-state index in [0.717, 1.165) is 0 Å². The minimum Gasteiger partial charge on any atom is -0.444 e. The zero-order valence-corrected chi connectivity index (χ0v) is 14.9. The van der Waals surface area contributed by atoms with Gasteiger partial charge < -0.3 is 4.74 Å². The number of ether oxygens (including phenoxy) is 1. The second-order valence-corrected chi connectivity index (χ2v) is 8.73. The molecule has 0 spiro atoms. The molecule has 0 radical (unpaired) electrons. The highest BCUT2D eigenvalue weighted by atomic mass is 35.7. The van der Waals surface area contributed by atoms with E-state index in [2.05, 4.69) is 10.3 Å². The number of benzene rings is 1. The Morgan fingerprint density at radius 3 is 2.48 bits per heavy atom. The maximum absolute atomic E-state index is 11.7. The van der Waals surface area contributed by atoms with Gasteiger partial charge in [-0.15, -0.1) is 0 Å². The molecule has 0 saturated carbocycles. The monoisotopic (exact) mass is 376 g/mol. The van der Waals surface area contributed by atoms with Crippen molar-refractivity contribution in [2.75, 3.05) is 5.32 Å². The summed E-state index contributed by atoms with van der Waals surface area (Å²) in [7, 11) is 1.41. The number of anilines is 1. The van der Waals surface area contributed by atoms with Gasteiger partial charge in [-0.05, 0) is 44.4 Å². The van der Waals surface area contributed by atoms with Crippen molar-refractivity contribution in [2.24, 2.45) is 0 Å². The summed E-state index contributed by atoms with van der Waals surface area (Å²) >= 11 is 6.04. The van der Waals surface area contributed by atoms with Gasteiger partial charge in [-0.25, -0.2) is 18.2 Å². The molecule has 0 aliphatic carbocycles. The average Bonchev–Trinajstić information content (AvgIpc) is 2.34. The van der Waals surface area contributed by atoms with Crippen molar-refractivity contribution >= 4 is 54.0 Å². The summed E-state index contributed by atoms with van der Waals surface area (Å²) in [5, 5.41) is 3.67. The number of hydrogen-bond acceptors (Lipinski definition) is 5. The van der Waals surface area contributed by atoms with Gasteiger partial charge in [-0.3, -0.25) is 5.32 Å². The van der Waals surface area contributed by atoms with Crippen LogP contribution in [0.15, 0.2) is 29.3 Å². The van der Waals surface area contributed by atoms with Crippen LogP contribution in [0, 0.1) is 0 Å². The zero-order chi connectivity index (χ0) is 17.4. The number of fused-ring (bicyclic) bond motifs is 1. The van der Waals surface area contributed by atoms with E-state index in [0.29, 0.717) is 10.8 Å². The maximum Gasteiger partial charge on any atom is 0.413 e. The lowest BCUT2D eigenvalue weighted by Gasteiger charge is -2.19. The van der Waals surface area contributed by atoms with Gasteiger partial charge in [0.25, 0.3) is 9.05 Å². The van der Waals surface area contributed by atoms with E-state index in [-0.39, 0.29) is 15.7 Å². The molecule has 23 heavy (non-hydrogen) atoms. The van der Waals surface area contributed by atoms with Crippen LogP contribution in [0.4, 0.5) is 10.6 Å². The molecular formula is C14H14Cl2N2O4S. The van der Waals surface area contributed by atoms with Crippen LogP contribution in [-0.4, -0.2) is 25.1 Å². The van der Waals surface area contributed by atoms with Crippen LogP contribution in [0.5, 0.6) is 0 Å². The highest BCUT2D eigenvalue weighted by molar-refractivity contribution is 8.13. The minimum absolute atomic E-state index is 0.133. The molecule has 1 aromatic carbocycles. The van der Waals surface area contributed by atoms with Crippen molar-refractivity contribution in [3.63, 3.8) is 0 Å². The molecule has 0 atom stereocenters. The van der Waals surface area contributed by atoms with Crippen LogP contribution in [0.3, 0.4) is 0 Å². The van der Waals surface area contributed by atoms with E-state index in [1.807, 2.05) is 0 Å². The van der Waals surface area contributed by atoms with Crippen LogP contribution >= 0.6 is 22.3 Å². The summed E-state index contributed by atoms with van der Waals surface area (Å²) in [5.41, 5.74) is -0.649. The molecule has 0 bridgehead atoms. The predicted octanol–water partition coefficient (Wildman–Crippen LogP) is 4.16. The van der Waals surface area contributed by atoms with Gasteiger partial charge in [0.05, 0.1) is 9.92 Å². The number of halogens is 2. The Labute approximate surface area is 143 Å². The van der Waals surface area contributed by atoms with E-state index < -0.39 is 20.7 Å². The smallest absolute Gasteiger partial charge is 0.413 e. The second kappa shape index (κ2) is 6.14. The summed E-state index contributed by atoms with van der Waals surface area (Å²) in [6.45, 7) is 5.20. The molecule has 2 rings (SSSR count). The third-order valence-electron chi connectivity index (χ3n) is 2.67. The zero-order valence-electron chi connectivity index (χ0n) is 12.6. The molecule has 124 valence electrons. The van der Waals surface area contributed by atoms with Gasteiger partial charge in [0.2, 0.25) is 0 Å². The molecule has 2 aromatic rings. The Kier molecular flexibility index (Phi) is 4.75. The summed E-state index contributed by atoms with van der Waals surface area (Å²) in [6, 6.07) is 4.08. The Bertz CT molecular complexity index is 876. The lowest BCUT2D eigenvalue weighted by Crippen LogP contribution is -2.27. The topological polar surface area (TPSA) is 85.4 Å². The quantitative estimate of drug-likeness (QED) is 0.795. The van der Waals surface area contributed by atoms with E-state index in [4.69, 9.17) is 27.0 Å². The Balaban J connectivity index is 2.40. The summed E-state index contributed by atoms with van der Waals surface area (Å²) < 4.78 is 28.0. The lowest BCUT2D eigenvalue weighted by molar-refractivity contribution is 0.0635. The van der Waals surface area contributed by atoms with Crippen molar-refractivity contribution < 1.29 is 17.9 Å². The minimum atomic E-state index is -3.92. The fourth-order valence-corrected chi connectivity index (χ4v) is 2.94. The fraction of sp³-hybridized carbons (Fsp3) is 0.286. The largest absolute Gasteiger partial charge is 0.444 e. The number of carbonyl (C=O) groups excluding carboxylic acids is 1. The molecule has 6 nitrogen and oxygen atoms in total. The summed E-state index contributed by atoms with van der Waals surface area (Å²) in [6.07, 6.45) is 0.756. The van der Waals surface area contributed by atoms with E-state index in [9.17, 15) is 13.2 Å². The van der Waals surface area contributed by atoms with Gasteiger partial charge in [0, 0.05) is 22.3 Å². The number of rotatable bonds is 2. The second-order valence-electron chi connectivity index (χ2n) is 5.76. The number of carbonyl (C=O) groups is 1. The number of pyridine rings is 1.